The number of H-pyrrole nitrogens is 1. The zero-order chi connectivity index (χ0) is 13.1. The largest absolute Gasteiger partial charge is 0.315 e. The predicted molar refractivity (Wildman–Crippen MR) is 72.5 cm³/mol. The molecular weight excluding hydrogens is 226 g/mol. The van der Waals surface area contributed by atoms with Gasteiger partial charge in [-0.2, -0.15) is 0 Å². The molecule has 0 bridgehead atoms. The fourth-order valence-electron chi connectivity index (χ4n) is 1.77. The highest BCUT2D eigenvalue weighted by molar-refractivity contribution is 5.56. The third kappa shape index (κ3) is 2.49. The molecule has 0 aliphatic rings. The van der Waals surface area contributed by atoms with Crippen LogP contribution in [-0.4, -0.2) is 17.0 Å². The van der Waals surface area contributed by atoms with Crippen molar-refractivity contribution in [2.45, 2.75) is 20.4 Å². The fraction of sp³-hybridized carbons (Fsp3) is 0.286. The van der Waals surface area contributed by atoms with Gasteiger partial charge in [0.25, 0.3) is 5.56 Å². The van der Waals surface area contributed by atoms with E-state index in [-0.39, 0.29) is 5.56 Å². The summed E-state index contributed by atoms with van der Waals surface area (Å²) in [6.45, 7) is 4.63. The molecular formula is C14H17N3O. The molecule has 0 spiro atoms. The summed E-state index contributed by atoms with van der Waals surface area (Å²) in [7, 11) is 1.80. The predicted octanol–water partition coefficient (Wildman–Crippen LogP) is 1.77. The van der Waals surface area contributed by atoms with E-state index in [1.54, 1.807) is 13.2 Å². The lowest BCUT2D eigenvalue weighted by Gasteiger charge is -2.05. The minimum Gasteiger partial charge on any atom is -0.315 e. The molecule has 18 heavy (non-hydrogen) atoms. The van der Waals surface area contributed by atoms with E-state index in [0.29, 0.717) is 17.9 Å². The van der Waals surface area contributed by atoms with Gasteiger partial charge in [-0.1, -0.05) is 12.1 Å². The van der Waals surface area contributed by atoms with Crippen LogP contribution in [0.1, 0.15) is 16.7 Å². The molecule has 2 N–H and O–H groups in total. The third-order valence-electron chi connectivity index (χ3n) is 3.02. The van der Waals surface area contributed by atoms with Crippen LogP contribution in [0, 0.1) is 13.8 Å². The van der Waals surface area contributed by atoms with Crippen LogP contribution in [0.15, 0.2) is 29.2 Å². The summed E-state index contributed by atoms with van der Waals surface area (Å²) in [6.07, 6.45) is 1.62. The van der Waals surface area contributed by atoms with Crippen LogP contribution in [0.2, 0.25) is 0 Å². The first-order valence-electron chi connectivity index (χ1n) is 5.92. The molecule has 2 rings (SSSR count). The summed E-state index contributed by atoms with van der Waals surface area (Å²) in [6, 6.07) is 6.04. The molecule has 0 saturated carbocycles. The molecule has 4 nitrogen and oxygen atoms in total. The number of aromatic nitrogens is 2. The van der Waals surface area contributed by atoms with Crippen molar-refractivity contribution in [2.75, 3.05) is 7.05 Å². The second kappa shape index (κ2) is 5.14. The van der Waals surface area contributed by atoms with Gasteiger partial charge in [-0.3, -0.25) is 4.79 Å². The Hall–Kier alpha value is -1.94. The van der Waals surface area contributed by atoms with E-state index in [1.165, 1.54) is 11.1 Å². The molecule has 0 saturated heterocycles. The Kier molecular flexibility index (Phi) is 3.58. The minimum atomic E-state index is -0.0902. The maximum atomic E-state index is 11.8. The van der Waals surface area contributed by atoms with E-state index in [0.717, 1.165) is 5.56 Å². The number of aromatic amines is 1. The summed E-state index contributed by atoms with van der Waals surface area (Å²) in [5.74, 6) is 0.614. The number of nitrogens with zero attached hydrogens (tertiary/aromatic N) is 1. The molecule has 2 aromatic rings. The average Bonchev–Trinajstić information content (AvgIpc) is 2.35. The number of rotatable bonds is 3. The van der Waals surface area contributed by atoms with E-state index >= 15 is 0 Å². The lowest BCUT2D eigenvalue weighted by atomic mass is 10.1. The van der Waals surface area contributed by atoms with Crippen LogP contribution in [0.4, 0.5) is 0 Å². The Morgan fingerprint density at radius 1 is 1.28 bits per heavy atom. The Morgan fingerprint density at radius 2 is 2.06 bits per heavy atom. The van der Waals surface area contributed by atoms with E-state index in [1.807, 2.05) is 25.1 Å². The summed E-state index contributed by atoms with van der Waals surface area (Å²) in [5, 5.41) is 2.94. The first kappa shape index (κ1) is 12.5. The summed E-state index contributed by atoms with van der Waals surface area (Å²) < 4.78 is 0. The minimum absolute atomic E-state index is 0.0902. The average molecular weight is 243 g/mol. The Morgan fingerprint density at radius 3 is 2.67 bits per heavy atom. The van der Waals surface area contributed by atoms with Crippen molar-refractivity contribution in [3.63, 3.8) is 0 Å². The van der Waals surface area contributed by atoms with Gasteiger partial charge in [0.05, 0.1) is 0 Å². The van der Waals surface area contributed by atoms with Crippen molar-refractivity contribution in [2.24, 2.45) is 0 Å². The van der Waals surface area contributed by atoms with Crippen molar-refractivity contribution in [1.29, 1.82) is 0 Å². The fourth-order valence-corrected chi connectivity index (χ4v) is 1.77. The molecule has 0 atom stereocenters. The zero-order valence-electron chi connectivity index (χ0n) is 10.9. The highest BCUT2D eigenvalue weighted by Crippen LogP contribution is 2.17. The number of hydrogen-bond acceptors (Lipinski definition) is 3. The van der Waals surface area contributed by atoms with E-state index in [4.69, 9.17) is 0 Å². The van der Waals surface area contributed by atoms with Crippen molar-refractivity contribution < 1.29 is 0 Å². The standard InChI is InChI=1S/C14H17N3O/c1-9-4-5-11(6-10(9)2)13-16-8-12(7-15-3)14(18)17-13/h4-6,8,15H,7H2,1-3H3,(H,16,17,18). The van der Waals surface area contributed by atoms with Crippen molar-refractivity contribution >= 4 is 0 Å². The van der Waals surface area contributed by atoms with Gasteiger partial charge in [0.1, 0.15) is 5.82 Å². The summed E-state index contributed by atoms with van der Waals surface area (Å²) in [5.41, 5.74) is 3.91. The van der Waals surface area contributed by atoms with Crippen LogP contribution in [0.3, 0.4) is 0 Å². The van der Waals surface area contributed by atoms with Crippen molar-refractivity contribution in [1.82, 2.24) is 15.3 Å². The van der Waals surface area contributed by atoms with Gasteiger partial charge >= 0.3 is 0 Å². The van der Waals surface area contributed by atoms with Gasteiger partial charge in [-0.25, -0.2) is 4.98 Å². The van der Waals surface area contributed by atoms with Gasteiger partial charge in [-0.05, 0) is 38.1 Å². The monoisotopic (exact) mass is 243 g/mol. The number of benzene rings is 1. The normalized spacial score (nSPS) is 10.6. The van der Waals surface area contributed by atoms with Crippen molar-refractivity contribution in [3.8, 4) is 11.4 Å². The van der Waals surface area contributed by atoms with Gasteiger partial charge in [0, 0.05) is 23.9 Å². The molecule has 1 aromatic carbocycles. The van der Waals surface area contributed by atoms with Crippen LogP contribution in [0.25, 0.3) is 11.4 Å². The maximum absolute atomic E-state index is 11.8. The molecule has 94 valence electrons. The molecule has 0 amide bonds. The van der Waals surface area contributed by atoms with Crippen molar-refractivity contribution in [3.05, 3.63) is 51.4 Å². The molecule has 4 heteroatoms. The highest BCUT2D eigenvalue weighted by Gasteiger charge is 2.05. The van der Waals surface area contributed by atoms with Crippen LogP contribution >= 0.6 is 0 Å². The highest BCUT2D eigenvalue weighted by atomic mass is 16.1. The van der Waals surface area contributed by atoms with E-state index in [9.17, 15) is 4.79 Å². The summed E-state index contributed by atoms with van der Waals surface area (Å²) in [4.78, 5) is 18.9. The maximum Gasteiger partial charge on any atom is 0.255 e. The Balaban J connectivity index is 2.42. The molecule has 0 unspecified atom stereocenters. The Bertz CT molecular complexity index is 617. The SMILES string of the molecule is CNCc1cnc(-c2ccc(C)c(C)c2)[nH]c1=O. The lowest BCUT2D eigenvalue weighted by Crippen LogP contribution is -2.19. The smallest absolute Gasteiger partial charge is 0.255 e. The second-order valence-corrected chi connectivity index (χ2v) is 4.42. The van der Waals surface area contributed by atoms with Gasteiger partial charge in [-0.15, -0.1) is 0 Å². The van der Waals surface area contributed by atoms with Gasteiger partial charge in [0.15, 0.2) is 0 Å². The third-order valence-corrected chi connectivity index (χ3v) is 3.02. The lowest BCUT2D eigenvalue weighted by molar-refractivity contribution is 0.798. The number of hydrogen-bond donors (Lipinski definition) is 2. The molecule has 1 heterocycles. The Labute approximate surface area is 106 Å². The number of aryl methyl sites for hydroxylation is 2. The van der Waals surface area contributed by atoms with Gasteiger partial charge in [0.2, 0.25) is 0 Å². The van der Waals surface area contributed by atoms with E-state index in [2.05, 4.69) is 22.2 Å². The van der Waals surface area contributed by atoms with Crippen LogP contribution in [-0.2, 0) is 6.54 Å². The molecule has 0 radical (unpaired) electrons. The second-order valence-electron chi connectivity index (χ2n) is 4.42. The first-order chi connectivity index (χ1) is 8.61. The number of nitrogens with one attached hydrogen (secondary N) is 2. The van der Waals surface area contributed by atoms with Crippen LogP contribution < -0.4 is 10.9 Å². The molecule has 0 fully saturated rings. The first-order valence-corrected chi connectivity index (χ1v) is 5.92. The zero-order valence-corrected chi connectivity index (χ0v) is 10.9. The molecule has 0 aliphatic carbocycles. The molecule has 1 aromatic heterocycles. The topological polar surface area (TPSA) is 57.8 Å². The van der Waals surface area contributed by atoms with E-state index < -0.39 is 0 Å². The van der Waals surface area contributed by atoms with Gasteiger partial charge < -0.3 is 10.3 Å². The van der Waals surface area contributed by atoms with Crippen LogP contribution in [0.5, 0.6) is 0 Å². The molecule has 0 aliphatic heterocycles. The summed E-state index contributed by atoms with van der Waals surface area (Å²) >= 11 is 0. The quantitative estimate of drug-likeness (QED) is 0.863.